The van der Waals surface area contributed by atoms with Gasteiger partial charge in [0.1, 0.15) is 13.2 Å². The summed E-state index contributed by atoms with van der Waals surface area (Å²) in [6, 6.07) is 0. The van der Waals surface area contributed by atoms with Crippen LogP contribution in [0.1, 0.15) is 258 Å². The number of rotatable bonds is 42. The lowest BCUT2D eigenvalue weighted by atomic mass is 10.0. The largest absolute Gasteiger partial charge is 0.462 e. The van der Waals surface area contributed by atoms with Gasteiger partial charge in [0.2, 0.25) is 0 Å². The summed E-state index contributed by atoms with van der Waals surface area (Å²) >= 11 is 0. The molecule has 6 heteroatoms. The van der Waals surface area contributed by atoms with E-state index in [1.807, 2.05) is 0 Å². The molecule has 52 heavy (non-hydrogen) atoms. The Morgan fingerprint density at radius 1 is 0.308 bits per heavy atom. The summed E-state index contributed by atoms with van der Waals surface area (Å²) in [5.41, 5.74) is 0. The van der Waals surface area contributed by atoms with Crippen molar-refractivity contribution in [2.24, 2.45) is 0 Å². The van der Waals surface area contributed by atoms with Crippen LogP contribution in [0, 0.1) is 0 Å². The number of hydrogen-bond acceptors (Lipinski definition) is 6. The smallest absolute Gasteiger partial charge is 0.306 e. The van der Waals surface area contributed by atoms with Gasteiger partial charge in [-0.2, -0.15) is 0 Å². The van der Waals surface area contributed by atoms with E-state index in [1.54, 1.807) is 0 Å². The highest BCUT2D eigenvalue weighted by Crippen LogP contribution is 2.16. The maximum atomic E-state index is 12.6. The van der Waals surface area contributed by atoms with E-state index in [4.69, 9.17) is 14.2 Å². The van der Waals surface area contributed by atoms with Crippen molar-refractivity contribution in [2.75, 3.05) is 13.2 Å². The van der Waals surface area contributed by atoms with Crippen molar-refractivity contribution in [3.05, 3.63) is 0 Å². The first-order chi connectivity index (χ1) is 25.5. The molecule has 0 aliphatic heterocycles. The molecule has 0 aromatic heterocycles. The van der Waals surface area contributed by atoms with E-state index in [9.17, 15) is 14.4 Å². The minimum absolute atomic E-state index is 0.0635. The molecule has 0 rings (SSSR count). The van der Waals surface area contributed by atoms with E-state index >= 15 is 0 Å². The fourth-order valence-corrected chi connectivity index (χ4v) is 6.85. The van der Waals surface area contributed by atoms with Crippen LogP contribution in [0.4, 0.5) is 0 Å². The van der Waals surface area contributed by atoms with Gasteiger partial charge in [-0.3, -0.25) is 14.4 Å². The lowest BCUT2D eigenvalue weighted by Gasteiger charge is -2.18. The summed E-state index contributed by atoms with van der Waals surface area (Å²) in [4.78, 5) is 37.5. The van der Waals surface area contributed by atoms with Gasteiger partial charge in [0, 0.05) is 19.3 Å². The van der Waals surface area contributed by atoms with Crippen molar-refractivity contribution in [2.45, 2.75) is 264 Å². The number of carbonyl (C=O) groups excluding carboxylic acids is 3. The third kappa shape index (κ3) is 39.6. The molecule has 308 valence electrons. The minimum atomic E-state index is -0.756. The number of hydrogen-bond donors (Lipinski definition) is 0. The van der Waals surface area contributed by atoms with E-state index in [-0.39, 0.29) is 31.1 Å². The van der Waals surface area contributed by atoms with Crippen molar-refractivity contribution in [1.29, 1.82) is 0 Å². The Balaban J connectivity index is 4.14. The van der Waals surface area contributed by atoms with Crippen molar-refractivity contribution in [3.8, 4) is 0 Å². The first-order valence-electron chi connectivity index (χ1n) is 23.0. The van der Waals surface area contributed by atoms with E-state index in [1.165, 1.54) is 161 Å². The third-order valence-corrected chi connectivity index (χ3v) is 10.4. The monoisotopic (exact) mass is 737 g/mol. The summed E-state index contributed by atoms with van der Waals surface area (Å²) in [6.07, 6.45) is 42.5. The van der Waals surface area contributed by atoms with Gasteiger partial charge in [-0.25, -0.2) is 0 Å². The molecule has 0 spiro atoms. The van der Waals surface area contributed by atoms with Crippen LogP contribution in [0.3, 0.4) is 0 Å². The highest BCUT2D eigenvalue weighted by molar-refractivity contribution is 5.71. The molecule has 1 atom stereocenters. The van der Waals surface area contributed by atoms with Gasteiger partial charge in [-0.1, -0.05) is 220 Å². The first kappa shape index (κ1) is 50.4. The molecular formula is C46H88O6. The number of esters is 3. The second-order valence-electron chi connectivity index (χ2n) is 15.7. The Morgan fingerprint density at radius 2 is 0.519 bits per heavy atom. The molecule has 0 amide bonds. The van der Waals surface area contributed by atoms with Crippen LogP contribution in [0.5, 0.6) is 0 Å². The van der Waals surface area contributed by atoms with Gasteiger partial charge in [0.25, 0.3) is 0 Å². The van der Waals surface area contributed by atoms with Crippen LogP contribution in [-0.2, 0) is 28.6 Å². The Labute approximate surface area is 323 Å². The quantitative estimate of drug-likeness (QED) is 0.0353. The van der Waals surface area contributed by atoms with E-state index < -0.39 is 6.10 Å². The average molecular weight is 737 g/mol. The molecule has 0 unspecified atom stereocenters. The fourth-order valence-electron chi connectivity index (χ4n) is 6.85. The molecule has 0 N–H and O–H groups in total. The zero-order valence-electron chi connectivity index (χ0n) is 35.1. The average Bonchev–Trinajstić information content (AvgIpc) is 3.14. The van der Waals surface area contributed by atoms with Crippen molar-refractivity contribution in [3.63, 3.8) is 0 Å². The molecule has 0 aromatic carbocycles. The van der Waals surface area contributed by atoms with Crippen LogP contribution in [-0.4, -0.2) is 37.2 Å². The van der Waals surface area contributed by atoms with Crippen molar-refractivity contribution in [1.82, 2.24) is 0 Å². The molecule has 0 heterocycles. The Bertz CT molecular complexity index is 768. The highest BCUT2D eigenvalue weighted by Gasteiger charge is 2.19. The molecule has 0 fully saturated rings. The molecule has 0 radical (unpaired) electrons. The number of carbonyl (C=O) groups is 3. The lowest BCUT2D eigenvalue weighted by molar-refractivity contribution is -0.167. The van der Waals surface area contributed by atoms with Gasteiger partial charge in [-0.15, -0.1) is 0 Å². The van der Waals surface area contributed by atoms with Crippen LogP contribution in [0.2, 0.25) is 0 Å². The molecule has 6 nitrogen and oxygen atoms in total. The van der Waals surface area contributed by atoms with Crippen LogP contribution >= 0.6 is 0 Å². The topological polar surface area (TPSA) is 78.9 Å². The minimum Gasteiger partial charge on any atom is -0.462 e. The summed E-state index contributed by atoms with van der Waals surface area (Å²) in [6.45, 7) is 6.60. The van der Waals surface area contributed by atoms with E-state index in [0.717, 1.165) is 57.8 Å². The van der Waals surface area contributed by atoms with Gasteiger partial charge in [-0.05, 0) is 19.3 Å². The second-order valence-corrected chi connectivity index (χ2v) is 15.7. The molecule has 0 bridgehead atoms. The molecule has 0 saturated carbocycles. The lowest BCUT2D eigenvalue weighted by Crippen LogP contribution is -2.30. The predicted octanol–water partition coefficient (Wildman–Crippen LogP) is 14.5. The van der Waals surface area contributed by atoms with Gasteiger partial charge in [0.15, 0.2) is 6.10 Å². The zero-order valence-corrected chi connectivity index (χ0v) is 35.1. The maximum Gasteiger partial charge on any atom is 0.306 e. The van der Waals surface area contributed by atoms with E-state index in [2.05, 4.69) is 20.8 Å². The second kappa shape index (κ2) is 42.2. The predicted molar refractivity (Wildman–Crippen MR) is 220 cm³/mol. The Hall–Kier alpha value is -1.59. The van der Waals surface area contributed by atoms with Gasteiger partial charge in [0.05, 0.1) is 0 Å². The molecule has 0 saturated heterocycles. The normalized spacial score (nSPS) is 11.8. The number of unbranched alkanes of at least 4 members (excludes halogenated alkanes) is 31. The van der Waals surface area contributed by atoms with Crippen LogP contribution in [0.25, 0.3) is 0 Å². The maximum absolute atomic E-state index is 12.6. The SMILES string of the molecule is CCCCCCCCCCCCCCCCCCCCC(=O)OC[C@@H](COC(=O)CCCCCCCCCCC)OC(=O)CCCCCCCCC. The molecule has 0 aliphatic rings. The van der Waals surface area contributed by atoms with E-state index in [0.29, 0.717) is 19.3 Å². The third-order valence-electron chi connectivity index (χ3n) is 10.4. The zero-order chi connectivity index (χ0) is 38.0. The first-order valence-corrected chi connectivity index (χ1v) is 23.0. The summed E-state index contributed by atoms with van der Waals surface area (Å²) < 4.78 is 16.6. The standard InChI is InChI=1S/C46H88O6/c1-4-7-10-13-16-18-19-20-21-22-23-24-25-26-28-31-33-36-39-45(48)51-42-43(52-46(49)40-37-34-29-15-12-9-6-3)41-50-44(47)38-35-32-30-27-17-14-11-8-5-2/h43H,4-42H2,1-3H3/t43-/m1/s1. The molecular weight excluding hydrogens is 649 g/mol. The summed E-state index contributed by atoms with van der Waals surface area (Å²) in [5, 5.41) is 0. The molecule has 0 aromatic rings. The molecule has 0 aliphatic carbocycles. The Morgan fingerprint density at radius 3 is 0.769 bits per heavy atom. The van der Waals surface area contributed by atoms with Crippen LogP contribution in [0.15, 0.2) is 0 Å². The highest BCUT2D eigenvalue weighted by atomic mass is 16.6. The van der Waals surface area contributed by atoms with Crippen molar-refractivity contribution < 1.29 is 28.6 Å². The summed E-state index contributed by atoms with van der Waals surface area (Å²) in [5.74, 6) is -0.861. The van der Waals surface area contributed by atoms with Crippen LogP contribution < -0.4 is 0 Å². The Kier molecular flexibility index (Phi) is 40.9. The summed E-state index contributed by atoms with van der Waals surface area (Å²) in [7, 11) is 0. The van der Waals surface area contributed by atoms with Gasteiger partial charge < -0.3 is 14.2 Å². The fraction of sp³-hybridized carbons (Fsp3) is 0.935. The van der Waals surface area contributed by atoms with Crippen molar-refractivity contribution >= 4 is 17.9 Å². The number of ether oxygens (including phenoxy) is 3. The van der Waals surface area contributed by atoms with Gasteiger partial charge >= 0.3 is 17.9 Å².